The van der Waals surface area contributed by atoms with Gasteiger partial charge >= 0.3 is 0 Å². The fourth-order valence-electron chi connectivity index (χ4n) is 1.49. The van der Waals surface area contributed by atoms with Gasteiger partial charge in [0.25, 0.3) is 0 Å². The highest BCUT2D eigenvalue weighted by atomic mass is 32.1. The van der Waals surface area contributed by atoms with E-state index in [1.807, 2.05) is 6.92 Å². The van der Waals surface area contributed by atoms with E-state index in [0.717, 1.165) is 23.8 Å². The van der Waals surface area contributed by atoms with Crippen molar-refractivity contribution in [3.8, 4) is 0 Å². The second kappa shape index (κ2) is 4.59. The standard InChI is InChI=1S/C11H15N3S/c1-9-13-10(8-15-9)6-12-7-11-4-3-5-14(11)2/h3-5,8,12H,6-7H2,1-2H3. The fourth-order valence-corrected chi connectivity index (χ4v) is 2.10. The quantitative estimate of drug-likeness (QED) is 0.856. The number of hydrogen-bond donors (Lipinski definition) is 1. The van der Waals surface area contributed by atoms with Crippen molar-refractivity contribution < 1.29 is 0 Å². The first-order valence-corrected chi connectivity index (χ1v) is 5.85. The van der Waals surface area contributed by atoms with Crippen LogP contribution in [0, 0.1) is 6.92 Å². The Bertz CT molecular complexity index is 430. The molecule has 0 bridgehead atoms. The van der Waals surface area contributed by atoms with Gasteiger partial charge in [0.15, 0.2) is 0 Å². The second-order valence-corrected chi connectivity index (χ2v) is 4.63. The normalized spacial score (nSPS) is 10.8. The number of nitrogens with one attached hydrogen (secondary N) is 1. The summed E-state index contributed by atoms with van der Waals surface area (Å²) in [5.41, 5.74) is 2.42. The van der Waals surface area contributed by atoms with Gasteiger partial charge in [0.2, 0.25) is 0 Å². The van der Waals surface area contributed by atoms with Crippen LogP contribution in [0.1, 0.15) is 16.4 Å². The lowest BCUT2D eigenvalue weighted by Crippen LogP contribution is -2.14. The van der Waals surface area contributed by atoms with Gasteiger partial charge in [-0.1, -0.05) is 0 Å². The van der Waals surface area contributed by atoms with Crippen molar-refractivity contribution in [3.05, 3.63) is 40.1 Å². The van der Waals surface area contributed by atoms with E-state index in [2.05, 4.69) is 45.6 Å². The van der Waals surface area contributed by atoms with Gasteiger partial charge in [-0.05, 0) is 19.1 Å². The predicted molar refractivity (Wildman–Crippen MR) is 62.8 cm³/mol. The first kappa shape index (κ1) is 10.4. The van der Waals surface area contributed by atoms with Crippen LogP contribution >= 0.6 is 11.3 Å². The smallest absolute Gasteiger partial charge is 0.0897 e. The van der Waals surface area contributed by atoms with Crippen LogP contribution in [0.5, 0.6) is 0 Å². The second-order valence-electron chi connectivity index (χ2n) is 3.57. The molecule has 80 valence electrons. The van der Waals surface area contributed by atoms with Crippen LogP contribution in [-0.2, 0) is 20.1 Å². The van der Waals surface area contributed by atoms with Gasteiger partial charge in [-0.2, -0.15) is 0 Å². The van der Waals surface area contributed by atoms with Crippen LogP contribution in [0.3, 0.4) is 0 Å². The molecule has 2 heterocycles. The van der Waals surface area contributed by atoms with E-state index in [1.165, 1.54) is 5.69 Å². The van der Waals surface area contributed by atoms with E-state index < -0.39 is 0 Å². The molecule has 0 saturated carbocycles. The maximum atomic E-state index is 4.40. The molecule has 1 N–H and O–H groups in total. The molecule has 0 spiro atoms. The lowest BCUT2D eigenvalue weighted by molar-refractivity contribution is 0.647. The molecule has 0 saturated heterocycles. The maximum Gasteiger partial charge on any atom is 0.0897 e. The number of rotatable bonds is 4. The molecule has 0 aliphatic heterocycles. The van der Waals surface area contributed by atoms with E-state index in [9.17, 15) is 0 Å². The Morgan fingerprint density at radius 1 is 1.47 bits per heavy atom. The highest BCUT2D eigenvalue weighted by molar-refractivity contribution is 7.09. The fraction of sp³-hybridized carbons (Fsp3) is 0.364. The third-order valence-electron chi connectivity index (χ3n) is 2.33. The molecule has 4 heteroatoms. The highest BCUT2D eigenvalue weighted by Gasteiger charge is 1.99. The van der Waals surface area contributed by atoms with Gasteiger partial charge in [-0.25, -0.2) is 4.98 Å². The minimum Gasteiger partial charge on any atom is -0.353 e. The zero-order valence-electron chi connectivity index (χ0n) is 9.03. The third kappa shape index (κ3) is 2.67. The number of aromatic nitrogens is 2. The van der Waals surface area contributed by atoms with E-state index in [4.69, 9.17) is 0 Å². The zero-order valence-corrected chi connectivity index (χ0v) is 9.84. The number of nitrogens with zero attached hydrogens (tertiary/aromatic N) is 2. The van der Waals surface area contributed by atoms with Crippen LogP contribution in [0.4, 0.5) is 0 Å². The molecule has 3 nitrogen and oxygen atoms in total. The summed E-state index contributed by atoms with van der Waals surface area (Å²) in [5, 5.41) is 6.62. The minimum atomic E-state index is 0.843. The van der Waals surface area contributed by atoms with Gasteiger partial charge in [0, 0.05) is 37.4 Å². The Kier molecular flexibility index (Phi) is 3.18. The SMILES string of the molecule is Cc1nc(CNCc2cccn2C)cs1. The summed E-state index contributed by atoms with van der Waals surface area (Å²) in [6, 6.07) is 4.18. The number of thiazole rings is 1. The Morgan fingerprint density at radius 3 is 2.93 bits per heavy atom. The van der Waals surface area contributed by atoms with Gasteiger partial charge in [-0.3, -0.25) is 0 Å². The molecule has 0 atom stereocenters. The molecule has 0 radical (unpaired) electrons. The summed E-state index contributed by atoms with van der Waals surface area (Å²) in [6.07, 6.45) is 2.06. The maximum absolute atomic E-state index is 4.40. The van der Waals surface area contributed by atoms with Crippen LogP contribution in [0.15, 0.2) is 23.7 Å². The number of hydrogen-bond acceptors (Lipinski definition) is 3. The van der Waals surface area contributed by atoms with E-state index in [0.29, 0.717) is 0 Å². The van der Waals surface area contributed by atoms with Crippen LogP contribution in [-0.4, -0.2) is 9.55 Å². The van der Waals surface area contributed by atoms with Crippen molar-refractivity contribution in [2.75, 3.05) is 0 Å². The molecule has 0 fully saturated rings. The molecule has 0 aliphatic carbocycles. The lowest BCUT2D eigenvalue weighted by atomic mass is 10.4. The summed E-state index contributed by atoms with van der Waals surface area (Å²) in [5.74, 6) is 0. The zero-order chi connectivity index (χ0) is 10.7. The molecule has 0 aromatic carbocycles. The summed E-state index contributed by atoms with van der Waals surface area (Å²) in [4.78, 5) is 4.40. The van der Waals surface area contributed by atoms with Crippen molar-refractivity contribution in [2.24, 2.45) is 7.05 Å². The Hall–Kier alpha value is -1.13. The van der Waals surface area contributed by atoms with Gasteiger partial charge in [0.05, 0.1) is 10.7 Å². The molecule has 0 unspecified atom stereocenters. The minimum absolute atomic E-state index is 0.843. The van der Waals surface area contributed by atoms with E-state index >= 15 is 0 Å². The Balaban J connectivity index is 1.83. The average molecular weight is 221 g/mol. The highest BCUT2D eigenvalue weighted by Crippen LogP contribution is 2.07. The van der Waals surface area contributed by atoms with Crippen molar-refractivity contribution in [3.63, 3.8) is 0 Å². The van der Waals surface area contributed by atoms with Crippen molar-refractivity contribution in [2.45, 2.75) is 20.0 Å². The van der Waals surface area contributed by atoms with E-state index in [-0.39, 0.29) is 0 Å². The first-order valence-electron chi connectivity index (χ1n) is 4.97. The largest absolute Gasteiger partial charge is 0.353 e. The van der Waals surface area contributed by atoms with Gasteiger partial charge < -0.3 is 9.88 Å². The molecule has 0 amide bonds. The molecule has 2 aromatic heterocycles. The monoisotopic (exact) mass is 221 g/mol. The summed E-state index contributed by atoms with van der Waals surface area (Å²) < 4.78 is 2.12. The average Bonchev–Trinajstić information content (AvgIpc) is 2.77. The predicted octanol–water partition coefficient (Wildman–Crippen LogP) is 2.08. The molecule has 0 aliphatic rings. The Labute approximate surface area is 93.8 Å². The topological polar surface area (TPSA) is 29.9 Å². The molecule has 15 heavy (non-hydrogen) atoms. The van der Waals surface area contributed by atoms with Crippen molar-refractivity contribution in [1.29, 1.82) is 0 Å². The summed E-state index contributed by atoms with van der Waals surface area (Å²) in [7, 11) is 2.06. The lowest BCUT2D eigenvalue weighted by Gasteiger charge is -2.04. The van der Waals surface area contributed by atoms with Gasteiger partial charge in [-0.15, -0.1) is 11.3 Å². The summed E-state index contributed by atoms with van der Waals surface area (Å²) >= 11 is 1.70. The van der Waals surface area contributed by atoms with E-state index in [1.54, 1.807) is 11.3 Å². The Morgan fingerprint density at radius 2 is 2.33 bits per heavy atom. The van der Waals surface area contributed by atoms with Crippen LogP contribution in [0.2, 0.25) is 0 Å². The number of aryl methyl sites for hydroxylation is 2. The van der Waals surface area contributed by atoms with Crippen molar-refractivity contribution in [1.82, 2.24) is 14.9 Å². The first-order chi connectivity index (χ1) is 7.25. The van der Waals surface area contributed by atoms with Crippen LogP contribution in [0.25, 0.3) is 0 Å². The van der Waals surface area contributed by atoms with Crippen LogP contribution < -0.4 is 5.32 Å². The third-order valence-corrected chi connectivity index (χ3v) is 3.15. The molecule has 2 rings (SSSR count). The molecular formula is C11H15N3S. The molecule has 2 aromatic rings. The van der Waals surface area contributed by atoms with Crippen molar-refractivity contribution >= 4 is 11.3 Å². The van der Waals surface area contributed by atoms with Gasteiger partial charge in [0.1, 0.15) is 0 Å². The molecular weight excluding hydrogens is 206 g/mol. The summed E-state index contributed by atoms with van der Waals surface area (Å²) in [6.45, 7) is 3.76.